The minimum absolute atomic E-state index is 0.228. The number of sulfone groups is 1. The lowest BCUT2D eigenvalue weighted by molar-refractivity contribution is -0.149. The van der Waals surface area contributed by atoms with E-state index in [1.165, 1.54) is 5.56 Å². The molecule has 2 aliphatic carbocycles. The summed E-state index contributed by atoms with van der Waals surface area (Å²) >= 11 is 0. The zero-order valence-corrected chi connectivity index (χ0v) is 15.6. The van der Waals surface area contributed by atoms with Crippen molar-refractivity contribution in [1.29, 1.82) is 0 Å². The number of carboxylic acids is 1. The predicted molar refractivity (Wildman–Crippen MR) is 96.7 cm³/mol. The van der Waals surface area contributed by atoms with E-state index < -0.39 is 27.3 Å². The van der Waals surface area contributed by atoms with E-state index in [9.17, 15) is 23.1 Å². The standard InChI is InChI=1S/C19H25NO5S/c21-17(20-19(18(22)23)10-2-1-3-11-19)9-12-26(24,25)16-8-7-14-5-4-6-15(14)13-16/h7-8,13H,1-6,9-12H2,(H,20,21)(H,22,23). The topological polar surface area (TPSA) is 101 Å². The number of nitrogens with one attached hydrogen (secondary N) is 1. The first-order valence-electron chi connectivity index (χ1n) is 9.21. The highest BCUT2D eigenvalue weighted by Gasteiger charge is 2.40. The van der Waals surface area contributed by atoms with Gasteiger partial charge in [-0.05, 0) is 55.4 Å². The van der Waals surface area contributed by atoms with Crippen LogP contribution in [-0.2, 0) is 32.3 Å². The first-order valence-corrected chi connectivity index (χ1v) is 10.9. The Bertz CT molecular complexity index is 809. The SMILES string of the molecule is O=C(CCS(=O)(=O)c1ccc2c(c1)CCC2)NC1(C(=O)O)CCCCC1. The molecule has 0 spiro atoms. The smallest absolute Gasteiger partial charge is 0.329 e. The summed E-state index contributed by atoms with van der Waals surface area (Å²) in [6, 6.07) is 5.18. The Kier molecular flexibility index (Phi) is 5.37. The summed E-state index contributed by atoms with van der Waals surface area (Å²) < 4.78 is 25.1. The summed E-state index contributed by atoms with van der Waals surface area (Å²) in [6.07, 6.45) is 5.93. The van der Waals surface area contributed by atoms with E-state index in [0.29, 0.717) is 12.8 Å². The maximum atomic E-state index is 12.5. The Morgan fingerprint density at radius 2 is 1.73 bits per heavy atom. The third-order valence-corrected chi connectivity index (χ3v) is 7.24. The molecule has 3 rings (SSSR count). The van der Waals surface area contributed by atoms with E-state index in [1.54, 1.807) is 12.1 Å². The van der Waals surface area contributed by atoms with Gasteiger partial charge in [-0.25, -0.2) is 13.2 Å². The molecule has 0 atom stereocenters. The van der Waals surface area contributed by atoms with Crippen molar-refractivity contribution in [2.75, 3.05) is 5.75 Å². The van der Waals surface area contributed by atoms with E-state index in [4.69, 9.17) is 0 Å². The summed E-state index contributed by atoms with van der Waals surface area (Å²) in [6.45, 7) is 0. The molecule has 1 fully saturated rings. The Balaban J connectivity index is 1.64. The number of fused-ring (bicyclic) bond motifs is 1. The minimum Gasteiger partial charge on any atom is -0.480 e. The van der Waals surface area contributed by atoms with Crippen LogP contribution in [-0.4, -0.2) is 36.7 Å². The second-order valence-electron chi connectivity index (χ2n) is 7.35. The fourth-order valence-corrected chi connectivity index (χ4v) is 5.25. The summed E-state index contributed by atoms with van der Waals surface area (Å²) in [4.78, 5) is 24.1. The zero-order valence-electron chi connectivity index (χ0n) is 14.8. The number of hydrogen-bond acceptors (Lipinski definition) is 4. The maximum Gasteiger partial charge on any atom is 0.329 e. The Morgan fingerprint density at radius 3 is 2.42 bits per heavy atom. The van der Waals surface area contributed by atoms with Gasteiger partial charge in [-0.15, -0.1) is 0 Å². The molecule has 1 aromatic rings. The Morgan fingerprint density at radius 1 is 1.04 bits per heavy atom. The van der Waals surface area contributed by atoms with Crippen molar-refractivity contribution >= 4 is 21.7 Å². The molecule has 0 aromatic heterocycles. The molecule has 0 saturated heterocycles. The van der Waals surface area contributed by atoms with E-state index in [2.05, 4.69) is 5.32 Å². The van der Waals surface area contributed by atoms with Gasteiger partial charge >= 0.3 is 5.97 Å². The number of rotatable bonds is 6. The van der Waals surface area contributed by atoms with E-state index >= 15 is 0 Å². The molecule has 0 radical (unpaired) electrons. The Labute approximate surface area is 153 Å². The molecule has 6 nitrogen and oxygen atoms in total. The lowest BCUT2D eigenvalue weighted by Crippen LogP contribution is -2.55. The van der Waals surface area contributed by atoms with E-state index in [0.717, 1.165) is 44.1 Å². The van der Waals surface area contributed by atoms with Gasteiger partial charge in [0.15, 0.2) is 9.84 Å². The molecule has 7 heteroatoms. The molecule has 1 saturated carbocycles. The van der Waals surface area contributed by atoms with Gasteiger partial charge < -0.3 is 10.4 Å². The number of aliphatic carboxylic acids is 1. The van der Waals surface area contributed by atoms with Crippen molar-refractivity contribution in [2.45, 2.75) is 68.2 Å². The van der Waals surface area contributed by atoms with Gasteiger partial charge in [-0.1, -0.05) is 25.3 Å². The number of aryl methyl sites for hydroxylation is 2. The molecule has 0 heterocycles. The van der Waals surface area contributed by atoms with Gasteiger partial charge in [-0.2, -0.15) is 0 Å². The number of carbonyl (C=O) groups is 2. The predicted octanol–water partition coefficient (Wildman–Crippen LogP) is 2.24. The number of hydrogen-bond donors (Lipinski definition) is 2. The molecule has 1 aromatic carbocycles. The number of carboxylic acid groups (broad SMARTS) is 1. The van der Waals surface area contributed by atoms with Crippen LogP contribution in [0.4, 0.5) is 0 Å². The van der Waals surface area contributed by atoms with Crippen molar-refractivity contribution in [1.82, 2.24) is 5.32 Å². The van der Waals surface area contributed by atoms with Gasteiger partial charge in [0.2, 0.25) is 5.91 Å². The maximum absolute atomic E-state index is 12.5. The van der Waals surface area contributed by atoms with E-state index in [-0.39, 0.29) is 17.1 Å². The van der Waals surface area contributed by atoms with Crippen molar-refractivity contribution in [2.24, 2.45) is 0 Å². The van der Waals surface area contributed by atoms with Crippen LogP contribution in [0.25, 0.3) is 0 Å². The summed E-state index contributed by atoms with van der Waals surface area (Å²) in [5, 5.41) is 12.1. The summed E-state index contributed by atoms with van der Waals surface area (Å²) in [5.74, 6) is -1.86. The third-order valence-electron chi connectivity index (χ3n) is 5.52. The quantitative estimate of drug-likeness (QED) is 0.789. The van der Waals surface area contributed by atoms with Crippen LogP contribution >= 0.6 is 0 Å². The molecular weight excluding hydrogens is 354 g/mol. The molecule has 2 N–H and O–H groups in total. The van der Waals surface area contributed by atoms with Crippen LogP contribution in [0.2, 0.25) is 0 Å². The average molecular weight is 379 g/mol. The first kappa shape index (κ1) is 18.9. The molecule has 142 valence electrons. The molecule has 26 heavy (non-hydrogen) atoms. The van der Waals surface area contributed by atoms with Crippen molar-refractivity contribution in [3.8, 4) is 0 Å². The van der Waals surface area contributed by atoms with E-state index in [1.807, 2.05) is 6.07 Å². The fourth-order valence-electron chi connectivity index (χ4n) is 3.96. The normalized spacial score (nSPS) is 18.9. The highest BCUT2D eigenvalue weighted by molar-refractivity contribution is 7.91. The van der Waals surface area contributed by atoms with Crippen LogP contribution in [0, 0.1) is 0 Å². The fraction of sp³-hybridized carbons (Fsp3) is 0.579. The first-order chi connectivity index (χ1) is 12.3. The van der Waals surface area contributed by atoms with Crippen molar-refractivity contribution < 1.29 is 23.1 Å². The van der Waals surface area contributed by atoms with Crippen LogP contribution in [0.15, 0.2) is 23.1 Å². The monoisotopic (exact) mass is 379 g/mol. The van der Waals surface area contributed by atoms with Gasteiger partial charge in [-0.3, -0.25) is 4.79 Å². The van der Waals surface area contributed by atoms with Crippen LogP contribution in [0.1, 0.15) is 56.1 Å². The molecule has 2 aliphatic rings. The molecule has 0 bridgehead atoms. The lowest BCUT2D eigenvalue weighted by atomic mass is 9.81. The van der Waals surface area contributed by atoms with Gasteiger partial charge in [0.05, 0.1) is 10.6 Å². The Hall–Kier alpha value is -1.89. The van der Waals surface area contributed by atoms with Gasteiger partial charge in [0.25, 0.3) is 0 Å². The van der Waals surface area contributed by atoms with Crippen LogP contribution < -0.4 is 5.32 Å². The lowest BCUT2D eigenvalue weighted by Gasteiger charge is -2.34. The summed E-state index contributed by atoms with van der Waals surface area (Å²) in [5.41, 5.74) is 1.03. The summed E-state index contributed by atoms with van der Waals surface area (Å²) in [7, 11) is -3.57. The molecule has 0 aliphatic heterocycles. The minimum atomic E-state index is -3.57. The average Bonchev–Trinajstić information content (AvgIpc) is 3.08. The highest BCUT2D eigenvalue weighted by atomic mass is 32.2. The second-order valence-corrected chi connectivity index (χ2v) is 9.46. The van der Waals surface area contributed by atoms with Crippen LogP contribution in [0.3, 0.4) is 0 Å². The second kappa shape index (κ2) is 7.39. The number of benzene rings is 1. The zero-order chi connectivity index (χ0) is 18.8. The molecule has 0 unspecified atom stereocenters. The van der Waals surface area contributed by atoms with Gasteiger partial charge in [0, 0.05) is 6.42 Å². The molecule has 1 amide bonds. The number of amides is 1. The van der Waals surface area contributed by atoms with Crippen LogP contribution in [0.5, 0.6) is 0 Å². The highest BCUT2D eigenvalue weighted by Crippen LogP contribution is 2.29. The third kappa shape index (κ3) is 3.92. The number of carbonyl (C=O) groups excluding carboxylic acids is 1. The van der Waals surface area contributed by atoms with Crippen molar-refractivity contribution in [3.63, 3.8) is 0 Å². The van der Waals surface area contributed by atoms with Gasteiger partial charge in [0.1, 0.15) is 5.54 Å². The van der Waals surface area contributed by atoms with Crippen molar-refractivity contribution in [3.05, 3.63) is 29.3 Å². The largest absolute Gasteiger partial charge is 0.480 e. The molecular formula is C19H25NO5S.